The number of aryl methyl sites for hydroxylation is 1. The van der Waals surface area contributed by atoms with E-state index in [1.54, 1.807) is 37.3 Å². The largest absolute Gasteiger partial charge is 0.444 e. The Bertz CT molecular complexity index is 1270. The Hall–Kier alpha value is -3.39. The summed E-state index contributed by atoms with van der Waals surface area (Å²) in [4.78, 5) is 42.0. The molecule has 2 N–H and O–H groups in total. The highest BCUT2D eigenvalue weighted by molar-refractivity contribution is 7.10. The van der Waals surface area contributed by atoms with Crippen LogP contribution in [0.25, 0.3) is 16.8 Å². The average Bonchev–Trinajstić information content (AvgIpc) is 3.30. The number of benzene rings is 1. The number of carbonyl (C=O) groups is 1. The predicted octanol–water partition coefficient (Wildman–Crippen LogP) is 3.13. The number of hydrogen-bond donors (Lipinski definition) is 2. The van der Waals surface area contributed by atoms with Gasteiger partial charge < -0.3 is 9.73 Å². The summed E-state index contributed by atoms with van der Waals surface area (Å²) < 4.78 is 6.51. The Morgan fingerprint density at radius 3 is 2.61 bits per heavy atom. The Kier molecular flexibility index (Phi) is 4.48. The van der Waals surface area contributed by atoms with Gasteiger partial charge in [0.2, 0.25) is 5.71 Å². The first kappa shape index (κ1) is 18.0. The zero-order chi connectivity index (χ0) is 19.8. The summed E-state index contributed by atoms with van der Waals surface area (Å²) in [5.41, 5.74) is -0.696. The SMILES string of the molecule is Cc1oc2[nH]c(=O)n(-c3ccccc3)c(=O)c2c1C(=O)NC(C)c1cccs1. The van der Waals surface area contributed by atoms with Crippen molar-refractivity contribution in [3.8, 4) is 5.69 Å². The van der Waals surface area contributed by atoms with Crippen LogP contribution in [0.1, 0.15) is 34.0 Å². The summed E-state index contributed by atoms with van der Waals surface area (Å²) in [6.45, 7) is 3.46. The van der Waals surface area contributed by atoms with Crippen LogP contribution < -0.4 is 16.6 Å². The van der Waals surface area contributed by atoms with Gasteiger partial charge in [0.15, 0.2) is 0 Å². The molecule has 7 nitrogen and oxygen atoms in total. The number of para-hydroxylation sites is 1. The third-order valence-corrected chi connectivity index (χ3v) is 5.54. The molecule has 0 aliphatic carbocycles. The molecule has 3 heterocycles. The van der Waals surface area contributed by atoms with Gasteiger partial charge in [0, 0.05) is 4.88 Å². The minimum atomic E-state index is -0.628. The molecule has 1 atom stereocenters. The number of fused-ring (bicyclic) bond motifs is 1. The number of aromatic nitrogens is 2. The van der Waals surface area contributed by atoms with Crippen LogP contribution in [0.15, 0.2) is 61.9 Å². The van der Waals surface area contributed by atoms with Crippen molar-refractivity contribution in [2.75, 3.05) is 0 Å². The molecular formula is C20H17N3O4S. The number of H-pyrrole nitrogens is 1. The molecule has 0 aliphatic heterocycles. The van der Waals surface area contributed by atoms with E-state index in [9.17, 15) is 14.4 Å². The maximum atomic E-state index is 13.1. The van der Waals surface area contributed by atoms with E-state index in [0.717, 1.165) is 9.44 Å². The van der Waals surface area contributed by atoms with Crippen LogP contribution in [0.5, 0.6) is 0 Å². The van der Waals surface area contributed by atoms with Crippen molar-refractivity contribution in [1.82, 2.24) is 14.9 Å². The highest BCUT2D eigenvalue weighted by atomic mass is 32.1. The summed E-state index contributed by atoms with van der Waals surface area (Å²) in [6, 6.07) is 12.1. The highest BCUT2D eigenvalue weighted by Crippen LogP contribution is 2.23. The number of furan rings is 1. The summed E-state index contributed by atoms with van der Waals surface area (Å²) in [7, 11) is 0. The molecule has 4 aromatic rings. The van der Waals surface area contributed by atoms with Gasteiger partial charge in [-0.15, -0.1) is 11.3 Å². The van der Waals surface area contributed by atoms with Gasteiger partial charge >= 0.3 is 5.69 Å². The lowest BCUT2D eigenvalue weighted by molar-refractivity contribution is 0.0940. The maximum absolute atomic E-state index is 13.1. The van der Waals surface area contributed by atoms with E-state index in [0.29, 0.717) is 5.69 Å². The van der Waals surface area contributed by atoms with E-state index < -0.39 is 17.2 Å². The van der Waals surface area contributed by atoms with E-state index in [1.165, 1.54) is 11.3 Å². The van der Waals surface area contributed by atoms with Crippen LogP contribution in [0.4, 0.5) is 0 Å². The zero-order valence-corrected chi connectivity index (χ0v) is 16.0. The fourth-order valence-electron chi connectivity index (χ4n) is 3.16. The van der Waals surface area contributed by atoms with Crippen molar-refractivity contribution in [1.29, 1.82) is 0 Å². The standard InChI is InChI=1S/C20H17N3O4S/c1-11(14-9-6-10-28-14)21-17(24)15-12(2)27-18-16(15)19(25)23(20(26)22-18)13-7-4-3-5-8-13/h3-11H,1-2H3,(H,21,24)(H,22,26). The lowest BCUT2D eigenvalue weighted by Gasteiger charge is -2.12. The van der Waals surface area contributed by atoms with E-state index >= 15 is 0 Å². The first-order valence-electron chi connectivity index (χ1n) is 8.65. The quantitative estimate of drug-likeness (QED) is 0.555. The molecule has 0 spiro atoms. The average molecular weight is 395 g/mol. The minimum absolute atomic E-state index is 0.00592. The number of hydrogen-bond acceptors (Lipinski definition) is 5. The molecule has 0 radical (unpaired) electrons. The number of carbonyl (C=O) groups excluding carboxylic acids is 1. The van der Waals surface area contributed by atoms with Crippen LogP contribution >= 0.6 is 11.3 Å². The Balaban J connectivity index is 1.85. The Labute approximate surface area is 163 Å². The van der Waals surface area contributed by atoms with Crippen molar-refractivity contribution in [3.05, 3.63) is 84.9 Å². The molecule has 28 heavy (non-hydrogen) atoms. The molecule has 1 unspecified atom stereocenters. The Morgan fingerprint density at radius 2 is 1.93 bits per heavy atom. The molecule has 8 heteroatoms. The monoisotopic (exact) mass is 395 g/mol. The molecule has 0 fully saturated rings. The van der Waals surface area contributed by atoms with Crippen LogP contribution in [-0.4, -0.2) is 15.5 Å². The van der Waals surface area contributed by atoms with Gasteiger partial charge in [0.25, 0.3) is 11.5 Å². The number of nitrogens with one attached hydrogen (secondary N) is 2. The van der Waals surface area contributed by atoms with Crippen LogP contribution in [0.3, 0.4) is 0 Å². The second-order valence-corrected chi connectivity index (χ2v) is 7.33. The second kappa shape index (κ2) is 6.97. The highest BCUT2D eigenvalue weighted by Gasteiger charge is 2.25. The van der Waals surface area contributed by atoms with Gasteiger partial charge in [-0.3, -0.25) is 14.6 Å². The summed E-state index contributed by atoms with van der Waals surface area (Å²) >= 11 is 1.53. The lowest BCUT2D eigenvalue weighted by Crippen LogP contribution is -2.34. The predicted molar refractivity (Wildman–Crippen MR) is 107 cm³/mol. The number of thiophene rings is 1. The molecular weight excluding hydrogens is 378 g/mol. The molecule has 0 aliphatic rings. The number of rotatable bonds is 4. The van der Waals surface area contributed by atoms with Gasteiger partial charge in [-0.1, -0.05) is 24.3 Å². The third kappa shape index (κ3) is 2.97. The third-order valence-electron chi connectivity index (χ3n) is 4.48. The first-order chi connectivity index (χ1) is 13.5. The molecule has 0 saturated heterocycles. The fraction of sp³-hybridized carbons (Fsp3) is 0.150. The van der Waals surface area contributed by atoms with Crippen molar-refractivity contribution < 1.29 is 9.21 Å². The van der Waals surface area contributed by atoms with Crippen LogP contribution in [-0.2, 0) is 0 Å². The van der Waals surface area contributed by atoms with E-state index in [2.05, 4.69) is 10.3 Å². The second-order valence-electron chi connectivity index (χ2n) is 6.35. The van der Waals surface area contributed by atoms with E-state index in [-0.39, 0.29) is 28.5 Å². The van der Waals surface area contributed by atoms with Crippen LogP contribution in [0.2, 0.25) is 0 Å². The smallest absolute Gasteiger partial charge is 0.335 e. The Morgan fingerprint density at radius 1 is 1.18 bits per heavy atom. The van der Waals surface area contributed by atoms with E-state index in [1.807, 2.05) is 24.4 Å². The van der Waals surface area contributed by atoms with Crippen LogP contribution in [0, 0.1) is 6.92 Å². The van der Waals surface area contributed by atoms with Gasteiger partial charge in [0.1, 0.15) is 11.1 Å². The van der Waals surface area contributed by atoms with E-state index in [4.69, 9.17) is 4.42 Å². The summed E-state index contributed by atoms with van der Waals surface area (Å²) in [6.07, 6.45) is 0. The van der Waals surface area contributed by atoms with Gasteiger partial charge in [-0.05, 0) is 37.4 Å². The van der Waals surface area contributed by atoms with Crippen molar-refractivity contribution in [3.63, 3.8) is 0 Å². The normalized spacial score (nSPS) is 12.2. The summed E-state index contributed by atoms with van der Waals surface area (Å²) in [5, 5.41) is 4.87. The number of nitrogens with zero attached hydrogens (tertiary/aromatic N) is 1. The number of amides is 1. The van der Waals surface area contributed by atoms with Gasteiger partial charge in [0.05, 0.1) is 17.3 Å². The van der Waals surface area contributed by atoms with Gasteiger partial charge in [-0.2, -0.15) is 0 Å². The molecule has 0 bridgehead atoms. The number of aromatic amines is 1. The molecule has 1 amide bonds. The lowest BCUT2D eigenvalue weighted by atomic mass is 10.1. The molecule has 4 rings (SSSR count). The molecule has 0 saturated carbocycles. The minimum Gasteiger partial charge on any atom is -0.444 e. The molecule has 1 aromatic carbocycles. The first-order valence-corrected chi connectivity index (χ1v) is 9.53. The zero-order valence-electron chi connectivity index (χ0n) is 15.2. The molecule has 142 valence electrons. The fourth-order valence-corrected chi connectivity index (χ4v) is 3.89. The van der Waals surface area contributed by atoms with Crippen molar-refractivity contribution in [2.24, 2.45) is 0 Å². The maximum Gasteiger partial charge on any atom is 0.335 e. The topological polar surface area (TPSA) is 97.1 Å². The van der Waals surface area contributed by atoms with Gasteiger partial charge in [-0.25, -0.2) is 9.36 Å². The van der Waals surface area contributed by atoms with Crippen molar-refractivity contribution >= 4 is 28.3 Å². The molecule has 3 aromatic heterocycles. The van der Waals surface area contributed by atoms with Crippen molar-refractivity contribution in [2.45, 2.75) is 19.9 Å². The summed E-state index contributed by atoms with van der Waals surface area (Å²) in [5.74, 6) is -0.162.